The minimum atomic E-state index is -4.11. The molecule has 0 aliphatic carbocycles. The van der Waals surface area contributed by atoms with Crippen LogP contribution in [0.4, 0.5) is 24.7 Å². The standard InChI is InChI=1S/C10H12F3N3/c11-10(12,13)7-3-4-16(6-7)9-2-1-8(14)5-15-9/h1-2,5,7H,3-4,6,14H2/t7-/m0/s1. The maximum absolute atomic E-state index is 12.4. The van der Waals surface area contributed by atoms with Crippen LogP contribution in [0.3, 0.4) is 0 Å². The van der Waals surface area contributed by atoms with Crippen molar-refractivity contribution in [3.63, 3.8) is 0 Å². The second-order valence-electron chi connectivity index (χ2n) is 3.92. The molecule has 1 aliphatic rings. The topological polar surface area (TPSA) is 42.1 Å². The normalized spacial score (nSPS) is 21.4. The van der Waals surface area contributed by atoms with Crippen molar-refractivity contribution < 1.29 is 13.2 Å². The first-order valence-corrected chi connectivity index (χ1v) is 5.00. The van der Waals surface area contributed by atoms with Crippen molar-refractivity contribution in [1.29, 1.82) is 0 Å². The van der Waals surface area contributed by atoms with E-state index >= 15 is 0 Å². The minimum absolute atomic E-state index is 0.0135. The first-order valence-electron chi connectivity index (χ1n) is 5.00. The Labute approximate surface area is 91.1 Å². The number of nitrogens with two attached hydrogens (primary N) is 1. The van der Waals surface area contributed by atoms with Gasteiger partial charge in [0.05, 0.1) is 17.8 Å². The predicted octanol–water partition coefficient (Wildman–Crippen LogP) is 2.05. The zero-order valence-corrected chi connectivity index (χ0v) is 8.54. The van der Waals surface area contributed by atoms with Crippen LogP contribution in [0, 0.1) is 5.92 Å². The summed E-state index contributed by atoms with van der Waals surface area (Å²) in [5, 5.41) is 0. The van der Waals surface area contributed by atoms with Crippen LogP contribution >= 0.6 is 0 Å². The number of anilines is 2. The fraction of sp³-hybridized carbons (Fsp3) is 0.500. The predicted molar refractivity (Wildman–Crippen MR) is 55.0 cm³/mol. The van der Waals surface area contributed by atoms with Crippen LogP contribution in [0.2, 0.25) is 0 Å². The van der Waals surface area contributed by atoms with Crippen LogP contribution in [-0.2, 0) is 0 Å². The molecule has 1 fully saturated rings. The number of alkyl halides is 3. The Morgan fingerprint density at radius 2 is 2.12 bits per heavy atom. The molecule has 88 valence electrons. The molecule has 2 rings (SSSR count). The van der Waals surface area contributed by atoms with Gasteiger partial charge in [0, 0.05) is 13.1 Å². The van der Waals surface area contributed by atoms with Gasteiger partial charge >= 0.3 is 6.18 Å². The number of nitrogen functional groups attached to an aromatic ring is 1. The summed E-state index contributed by atoms with van der Waals surface area (Å²) in [4.78, 5) is 5.65. The molecular formula is C10H12F3N3. The third-order valence-electron chi connectivity index (χ3n) is 2.75. The van der Waals surface area contributed by atoms with Crippen LogP contribution < -0.4 is 10.6 Å². The summed E-state index contributed by atoms with van der Waals surface area (Å²) in [5.74, 6) is -0.687. The van der Waals surface area contributed by atoms with E-state index in [1.165, 1.54) is 6.20 Å². The van der Waals surface area contributed by atoms with Crippen LogP contribution in [0.25, 0.3) is 0 Å². The Morgan fingerprint density at radius 1 is 1.38 bits per heavy atom. The summed E-state index contributed by atoms with van der Waals surface area (Å²) in [7, 11) is 0. The van der Waals surface area contributed by atoms with Gasteiger partial charge in [-0.2, -0.15) is 13.2 Å². The van der Waals surface area contributed by atoms with Crippen molar-refractivity contribution in [1.82, 2.24) is 4.98 Å². The van der Waals surface area contributed by atoms with Crippen LogP contribution in [0.5, 0.6) is 0 Å². The molecule has 0 radical (unpaired) electrons. The summed E-state index contributed by atoms with van der Waals surface area (Å²) in [6.45, 7) is 0.377. The van der Waals surface area contributed by atoms with Crippen molar-refractivity contribution in [3.05, 3.63) is 18.3 Å². The molecule has 1 aliphatic heterocycles. The average molecular weight is 231 g/mol. The highest BCUT2D eigenvalue weighted by Crippen LogP contribution is 2.34. The average Bonchev–Trinajstić information content (AvgIpc) is 2.67. The van der Waals surface area contributed by atoms with Crippen LogP contribution in [-0.4, -0.2) is 24.2 Å². The number of pyridine rings is 1. The van der Waals surface area contributed by atoms with E-state index in [9.17, 15) is 13.2 Å². The minimum Gasteiger partial charge on any atom is -0.397 e. The molecule has 1 aromatic rings. The number of halogens is 3. The molecule has 2 N–H and O–H groups in total. The molecule has 0 saturated carbocycles. The summed E-state index contributed by atoms with van der Waals surface area (Å²) in [6, 6.07) is 3.29. The Hall–Kier alpha value is -1.46. The van der Waals surface area contributed by atoms with E-state index in [-0.39, 0.29) is 13.0 Å². The Bertz CT molecular complexity index is 361. The van der Waals surface area contributed by atoms with Gasteiger partial charge in [-0.25, -0.2) is 4.98 Å². The fourth-order valence-corrected chi connectivity index (χ4v) is 1.82. The Kier molecular flexibility index (Phi) is 2.65. The second kappa shape index (κ2) is 3.84. The highest BCUT2D eigenvalue weighted by molar-refractivity contribution is 5.46. The molecule has 0 bridgehead atoms. The molecular weight excluding hydrogens is 219 g/mol. The van der Waals surface area contributed by atoms with Crippen molar-refractivity contribution in [2.75, 3.05) is 23.7 Å². The number of aromatic nitrogens is 1. The lowest BCUT2D eigenvalue weighted by atomic mass is 10.1. The maximum atomic E-state index is 12.4. The van der Waals surface area contributed by atoms with Crippen LogP contribution in [0.15, 0.2) is 18.3 Å². The molecule has 3 nitrogen and oxygen atoms in total. The zero-order valence-electron chi connectivity index (χ0n) is 8.54. The molecule has 0 amide bonds. The number of nitrogens with zero attached hydrogens (tertiary/aromatic N) is 2. The van der Waals surface area contributed by atoms with E-state index in [4.69, 9.17) is 5.73 Å². The van der Waals surface area contributed by atoms with Gasteiger partial charge in [-0.1, -0.05) is 0 Å². The molecule has 2 heterocycles. The molecule has 0 unspecified atom stereocenters. The van der Waals surface area contributed by atoms with Gasteiger partial charge in [-0.05, 0) is 18.6 Å². The van der Waals surface area contributed by atoms with Gasteiger partial charge < -0.3 is 10.6 Å². The highest BCUT2D eigenvalue weighted by Gasteiger charge is 2.43. The zero-order chi connectivity index (χ0) is 11.8. The monoisotopic (exact) mass is 231 g/mol. The summed E-state index contributed by atoms with van der Waals surface area (Å²) >= 11 is 0. The Morgan fingerprint density at radius 3 is 2.62 bits per heavy atom. The molecule has 6 heteroatoms. The SMILES string of the molecule is Nc1ccc(N2CC[C@H](C(F)(F)F)C2)nc1. The Balaban J connectivity index is 2.06. The molecule has 0 spiro atoms. The van der Waals surface area contributed by atoms with Crippen molar-refractivity contribution in [3.8, 4) is 0 Å². The number of hydrogen-bond donors (Lipinski definition) is 1. The first-order chi connectivity index (χ1) is 7.47. The second-order valence-corrected chi connectivity index (χ2v) is 3.92. The van der Waals surface area contributed by atoms with E-state index in [1.54, 1.807) is 17.0 Å². The first kappa shape index (κ1) is 11.0. The molecule has 0 aromatic carbocycles. The van der Waals surface area contributed by atoms with Gasteiger partial charge in [-0.15, -0.1) is 0 Å². The van der Waals surface area contributed by atoms with Gasteiger partial charge in [-0.3, -0.25) is 0 Å². The summed E-state index contributed by atoms with van der Waals surface area (Å²) in [6.07, 6.45) is -2.52. The summed E-state index contributed by atoms with van der Waals surface area (Å²) in [5.41, 5.74) is 5.97. The van der Waals surface area contributed by atoms with E-state index in [0.717, 1.165) is 0 Å². The number of rotatable bonds is 1. The van der Waals surface area contributed by atoms with Gasteiger partial charge in [0.2, 0.25) is 0 Å². The molecule has 1 atom stereocenters. The number of hydrogen-bond acceptors (Lipinski definition) is 3. The van der Waals surface area contributed by atoms with Crippen LogP contribution in [0.1, 0.15) is 6.42 Å². The molecule has 1 aromatic heterocycles. The van der Waals surface area contributed by atoms with Crippen molar-refractivity contribution in [2.24, 2.45) is 5.92 Å². The van der Waals surface area contributed by atoms with Gasteiger partial charge in [0.1, 0.15) is 5.82 Å². The maximum Gasteiger partial charge on any atom is 0.393 e. The third kappa shape index (κ3) is 2.20. The highest BCUT2D eigenvalue weighted by atomic mass is 19.4. The lowest BCUT2D eigenvalue weighted by molar-refractivity contribution is -0.168. The van der Waals surface area contributed by atoms with E-state index in [1.807, 2.05) is 0 Å². The molecule has 16 heavy (non-hydrogen) atoms. The lowest BCUT2D eigenvalue weighted by Gasteiger charge is -2.18. The van der Waals surface area contributed by atoms with E-state index in [2.05, 4.69) is 4.98 Å². The van der Waals surface area contributed by atoms with Gasteiger partial charge in [0.15, 0.2) is 0 Å². The largest absolute Gasteiger partial charge is 0.397 e. The van der Waals surface area contributed by atoms with Gasteiger partial charge in [0.25, 0.3) is 0 Å². The van der Waals surface area contributed by atoms with Crippen molar-refractivity contribution >= 4 is 11.5 Å². The van der Waals surface area contributed by atoms with E-state index < -0.39 is 12.1 Å². The fourth-order valence-electron chi connectivity index (χ4n) is 1.82. The van der Waals surface area contributed by atoms with E-state index in [0.29, 0.717) is 18.1 Å². The quantitative estimate of drug-likeness (QED) is 0.804. The smallest absolute Gasteiger partial charge is 0.393 e. The van der Waals surface area contributed by atoms with Crippen molar-refractivity contribution in [2.45, 2.75) is 12.6 Å². The summed E-state index contributed by atoms with van der Waals surface area (Å²) < 4.78 is 37.3. The molecule has 1 saturated heterocycles. The lowest BCUT2D eigenvalue weighted by Crippen LogP contribution is -2.27. The third-order valence-corrected chi connectivity index (χ3v) is 2.75.